The number of hydrogen-bond acceptors (Lipinski definition) is 7. The van der Waals surface area contributed by atoms with Gasteiger partial charge in [0.05, 0.1) is 5.56 Å². The second-order valence-electron chi connectivity index (χ2n) is 10.6. The van der Waals surface area contributed by atoms with Crippen LogP contribution in [0.1, 0.15) is 71.6 Å². The van der Waals surface area contributed by atoms with Gasteiger partial charge in [-0.2, -0.15) is 5.10 Å². The highest BCUT2D eigenvalue weighted by Crippen LogP contribution is 2.44. The molecule has 0 aliphatic heterocycles. The first kappa shape index (κ1) is 25.0. The molecule has 0 saturated heterocycles. The van der Waals surface area contributed by atoms with E-state index in [1.165, 1.54) is 22.1 Å². The molecule has 13 heteroatoms. The lowest BCUT2D eigenvalue weighted by Gasteiger charge is -2.25. The fourth-order valence-electron chi connectivity index (χ4n) is 5.10. The van der Waals surface area contributed by atoms with Gasteiger partial charge in [-0.15, -0.1) is 21.5 Å². The van der Waals surface area contributed by atoms with E-state index in [1.807, 2.05) is 4.57 Å². The molecular formula is C25H30F2N8O2S. The zero-order valence-electron chi connectivity index (χ0n) is 21.2. The highest BCUT2D eigenvalue weighted by molar-refractivity contribution is 7.17. The number of amides is 2. The van der Waals surface area contributed by atoms with E-state index in [2.05, 4.69) is 38.2 Å². The number of halogens is 2. The maximum atomic E-state index is 13.4. The Morgan fingerprint density at radius 2 is 2.05 bits per heavy atom. The molecule has 2 fully saturated rings. The number of hydrogen-bond donors (Lipinski definition) is 3. The van der Waals surface area contributed by atoms with Gasteiger partial charge < -0.3 is 16.0 Å². The van der Waals surface area contributed by atoms with Crippen molar-refractivity contribution < 1.29 is 18.4 Å². The number of fused-ring (bicyclic) bond motifs is 1. The van der Waals surface area contributed by atoms with Crippen molar-refractivity contribution in [1.29, 1.82) is 0 Å². The molecule has 10 nitrogen and oxygen atoms in total. The van der Waals surface area contributed by atoms with Gasteiger partial charge >= 0.3 is 0 Å². The van der Waals surface area contributed by atoms with Crippen molar-refractivity contribution in [2.45, 2.75) is 57.9 Å². The topological polar surface area (TPSA) is 119 Å². The first-order valence-corrected chi connectivity index (χ1v) is 13.8. The van der Waals surface area contributed by atoms with Gasteiger partial charge in [0.1, 0.15) is 22.8 Å². The summed E-state index contributed by atoms with van der Waals surface area (Å²) in [6.45, 7) is 2.70. The number of alkyl halides is 2. The number of thiophene rings is 1. The monoisotopic (exact) mass is 544 g/mol. The van der Waals surface area contributed by atoms with E-state index in [-0.39, 0.29) is 29.5 Å². The molecule has 2 amide bonds. The van der Waals surface area contributed by atoms with Gasteiger partial charge in [0, 0.05) is 36.5 Å². The third-order valence-corrected chi connectivity index (χ3v) is 8.93. The van der Waals surface area contributed by atoms with Crippen LogP contribution in [0.25, 0.3) is 0 Å². The Bertz CT molecular complexity index is 1380. The van der Waals surface area contributed by atoms with Crippen LogP contribution in [0.4, 0.5) is 25.5 Å². The molecule has 0 spiro atoms. The van der Waals surface area contributed by atoms with Crippen LogP contribution in [0.3, 0.4) is 0 Å². The number of aryl methyl sites for hydroxylation is 2. The van der Waals surface area contributed by atoms with E-state index in [1.54, 1.807) is 13.4 Å². The van der Waals surface area contributed by atoms with Crippen LogP contribution < -0.4 is 16.0 Å². The Labute approximate surface area is 222 Å². The molecule has 3 aromatic heterocycles. The van der Waals surface area contributed by atoms with E-state index < -0.39 is 6.43 Å². The normalized spacial score (nSPS) is 22.3. The molecular weight excluding hydrogens is 514 g/mol. The number of carbonyl (C=O) groups is 2. The molecule has 3 atom stereocenters. The summed E-state index contributed by atoms with van der Waals surface area (Å²) >= 11 is 1.50. The molecule has 3 heterocycles. The van der Waals surface area contributed by atoms with Crippen molar-refractivity contribution in [3.8, 4) is 0 Å². The van der Waals surface area contributed by atoms with Gasteiger partial charge in [0.15, 0.2) is 0 Å². The summed E-state index contributed by atoms with van der Waals surface area (Å²) in [7, 11) is 1.58. The molecule has 0 bridgehead atoms. The van der Waals surface area contributed by atoms with Crippen molar-refractivity contribution >= 4 is 39.9 Å². The zero-order chi connectivity index (χ0) is 26.6. The minimum atomic E-state index is -2.67. The summed E-state index contributed by atoms with van der Waals surface area (Å²) in [6.07, 6.45) is 4.16. The van der Waals surface area contributed by atoms with E-state index in [4.69, 9.17) is 0 Å². The number of aromatic nitrogens is 5. The van der Waals surface area contributed by atoms with E-state index in [0.717, 1.165) is 42.5 Å². The first-order chi connectivity index (χ1) is 18.3. The highest BCUT2D eigenvalue weighted by Gasteiger charge is 2.40. The Hall–Kier alpha value is -3.35. The SMILES string of the molecule is C[C@@H]1C[C@H]1C(=O)Nc1sc2c(c1C(=O)NCC1CC1)C[C@@H](n1cnnc1Nc1cc(C(F)F)nn1C)CC2. The summed E-state index contributed by atoms with van der Waals surface area (Å²) in [5.74, 6) is 1.54. The summed E-state index contributed by atoms with van der Waals surface area (Å²) in [5, 5.41) is 21.9. The number of nitrogens with zero attached hydrogens (tertiary/aromatic N) is 5. The third kappa shape index (κ3) is 4.91. The van der Waals surface area contributed by atoms with Gasteiger partial charge in [-0.3, -0.25) is 18.8 Å². The molecule has 3 aliphatic carbocycles. The number of anilines is 3. The molecule has 0 unspecified atom stereocenters. The fourth-order valence-corrected chi connectivity index (χ4v) is 6.34. The van der Waals surface area contributed by atoms with Crippen LogP contribution in [0.5, 0.6) is 0 Å². The zero-order valence-corrected chi connectivity index (χ0v) is 22.0. The average molecular weight is 545 g/mol. The Balaban J connectivity index is 1.26. The summed E-state index contributed by atoms with van der Waals surface area (Å²) < 4.78 is 29.4. The predicted molar refractivity (Wildman–Crippen MR) is 138 cm³/mol. The van der Waals surface area contributed by atoms with Gasteiger partial charge in [0.25, 0.3) is 12.3 Å². The highest BCUT2D eigenvalue weighted by atomic mass is 32.1. The van der Waals surface area contributed by atoms with Crippen molar-refractivity contribution in [1.82, 2.24) is 29.9 Å². The maximum Gasteiger partial charge on any atom is 0.282 e. The van der Waals surface area contributed by atoms with Gasteiger partial charge in [-0.25, -0.2) is 8.78 Å². The lowest BCUT2D eigenvalue weighted by molar-refractivity contribution is -0.117. The van der Waals surface area contributed by atoms with E-state index in [0.29, 0.717) is 47.1 Å². The molecule has 3 N–H and O–H groups in total. The Kier molecular flexibility index (Phi) is 6.40. The molecule has 0 aromatic carbocycles. The molecule has 38 heavy (non-hydrogen) atoms. The standard InChI is InChI=1S/C25H30F2N8O2S/c1-12-7-15(12)22(36)31-24-20(23(37)28-10-13-3-4-13)16-8-14(5-6-18(16)38-24)35-11-29-32-25(35)30-19-9-17(21(26)27)33-34(19)2/h9,11-15,21H,3-8,10H2,1-2H3,(H,28,37)(H,30,32)(H,31,36)/t12-,14+,15-/m1/s1. The average Bonchev–Trinajstić information content (AvgIpc) is 3.72. The third-order valence-electron chi connectivity index (χ3n) is 7.72. The number of rotatable bonds is 9. The largest absolute Gasteiger partial charge is 0.352 e. The molecule has 0 radical (unpaired) electrons. The second kappa shape index (κ2) is 9.75. The van der Waals surface area contributed by atoms with Crippen LogP contribution in [-0.2, 0) is 24.7 Å². The second-order valence-corrected chi connectivity index (χ2v) is 11.7. The minimum Gasteiger partial charge on any atom is -0.352 e. The van der Waals surface area contributed by atoms with Crippen LogP contribution in [0.15, 0.2) is 12.4 Å². The fraction of sp³-hybridized carbons (Fsp3) is 0.560. The smallest absolute Gasteiger partial charge is 0.282 e. The molecule has 3 aliphatic rings. The van der Waals surface area contributed by atoms with E-state index >= 15 is 0 Å². The van der Waals surface area contributed by atoms with Crippen molar-refractivity contribution in [3.63, 3.8) is 0 Å². The Morgan fingerprint density at radius 3 is 2.74 bits per heavy atom. The quantitative estimate of drug-likeness (QED) is 0.371. The summed E-state index contributed by atoms with van der Waals surface area (Å²) in [5.41, 5.74) is 1.19. The molecule has 2 saturated carbocycles. The van der Waals surface area contributed by atoms with Crippen molar-refractivity contribution in [2.24, 2.45) is 24.8 Å². The minimum absolute atomic E-state index is 0.00694. The van der Waals surface area contributed by atoms with Gasteiger partial charge in [-0.1, -0.05) is 6.92 Å². The lowest BCUT2D eigenvalue weighted by atomic mass is 9.91. The lowest BCUT2D eigenvalue weighted by Crippen LogP contribution is -2.28. The number of nitrogens with one attached hydrogen (secondary N) is 3. The summed E-state index contributed by atoms with van der Waals surface area (Å²) in [6, 6.07) is 1.24. The Morgan fingerprint density at radius 1 is 1.26 bits per heavy atom. The molecule has 3 aromatic rings. The van der Waals surface area contributed by atoms with Crippen LogP contribution >= 0.6 is 11.3 Å². The van der Waals surface area contributed by atoms with Crippen molar-refractivity contribution in [3.05, 3.63) is 34.1 Å². The van der Waals surface area contributed by atoms with Crippen LogP contribution in [0.2, 0.25) is 0 Å². The predicted octanol–water partition coefficient (Wildman–Crippen LogP) is 4.22. The van der Waals surface area contributed by atoms with Gasteiger partial charge in [-0.05, 0) is 55.9 Å². The van der Waals surface area contributed by atoms with Gasteiger partial charge in [0.2, 0.25) is 11.9 Å². The molecule has 202 valence electrons. The first-order valence-electron chi connectivity index (χ1n) is 13.0. The van der Waals surface area contributed by atoms with E-state index in [9.17, 15) is 18.4 Å². The maximum absolute atomic E-state index is 13.4. The summed E-state index contributed by atoms with van der Waals surface area (Å²) in [4.78, 5) is 27.3. The molecule has 6 rings (SSSR count). The number of carbonyl (C=O) groups excluding carboxylic acids is 2. The van der Waals surface area contributed by atoms with Crippen LogP contribution in [0, 0.1) is 17.8 Å². The van der Waals surface area contributed by atoms with Crippen LogP contribution in [-0.4, -0.2) is 42.9 Å². The van der Waals surface area contributed by atoms with Crippen molar-refractivity contribution in [2.75, 3.05) is 17.2 Å².